The van der Waals surface area contributed by atoms with E-state index in [1.807, 2.05) is 5.32 Å². The fraction of sp³-hybridized carbons (Fsp3) is 0. The number of hydrogen-bond acceptors (Lipinski definition) is 4. The fourth-order valence-electron chi connectivity index (χ4n) is 1.40. The fourth-order valence-corrected chi connectivity index (χ4v) is 1.87. The molecule has 0 aromatic heterocycles. The van der Waals surface area contributed by atoms with E-state index in [-0.39, 0.29) is 21.3 Å². The van der Waals surface area contributed by atoms with Gasteiger partial charge in [0.2, 0.25) is 0 Å². The van der Waals surface area contributed by atoms with Gasteiger partial charge in [0.05, 0.1) is 15.0 Å². The van der Waals surface area contributed by atoms with Gasteiger partial charge in [-0.25, -0.2) is 0 Å². The number of rotatable bonds is 1. The van der Waals surface area contributed by atoms with E-state index in [2.05, 4.69) is 15.9 Å². The molecule has 0 saturated carbocycles. The van der Waals surface area contributed by atoms with Crippen molar-refractivity contribution in [2.75, 3.05) is 0 Å². The molecule has 0 spiro atoms. The van der Waals surface area contributed by atoms with Crippen LogP contribution in [0.15, 0.2) is 16.6 Å². The van der Waals surface area contributed by atoms with E-state index in [4.69, 9.17) is 0 Å². The summed E-state index contributed by atoms with van der Waals surface area (Å²) >= 11 is 2.96. The lowest BCUT2D eigenvalue weighted by Gasteiger charge is -1.98. The van der Waals surface area contributed by atoms with Crippen LogP contribution in [-0.2, 0) is 0 Å². The number of nitro groups is 1. The lowest BCUT2D eigenvalue weighted by molar-refractivity contribution is -0.385. The first-order valence-electron chi connectivity index (χ1n) is 3.85. The minimum Gasteiger partial charge on any atom is -0.288 e. The van der Waals surface area contributed by atoms with Crippen molar-refractivity contribution in [1.82, 2.24) is 5.32 Å². The average Bonchev–Trinajstić information content (AvgIpc) is 2.41. The second kappa shape index (κ2) is 3.13. The third-order valence-corrected chi connectivity index (χ3v) is 2.65. The van der Waals surface area contributed by atoms with Gasteiger partial charge in [-0.3, -0.25) is 25.0 Å². The summed E-state index contributed by atoms with van der Waals surface area (Å²) < 4.78 is 0.177. The van der Waals surface area contributed by atoms with Gasteiger partial charge in [0.25, 0.3) is 17.5 Å². The molecule has 6 nitrogen and oxygen atoms in total. The van der Waals surface area contributed by atoms with Crippen molar-refractivity contribution in [3.63, 3.8) is 0 Å². The SMILES string of the molecule is O=C1NC(=O)c2c1ccc(Br)c2[N+](=O)[O-]. The van der Waals surface area contributed by atoms with Crippen LogP contribution >= 0.6 is 15.9 Å². The molecule has 15 heavy (non-hydrogen) atoms. The Morgan fingerprint density at radius 2 is 1.93 bits per heavy atom. The number of carbonyl (C=O) groups excluding carboxylic acids is 2. The maximum absolute atomic E-state index is 11.3. The average molecular weight is 271 g/mol. The Kier molecular flexibility index (Phi) is 2.04. The molecule has 2 rings (SSSR count). The molecular weight excluding hydrogens is 268 g/mol. The number of nitro benzene ring substituents is 1. The predicted molar refractivity (Wildman–Crippen MR) is 52.6 cm³/mol. The molecule has 0 unspecified atom stereocenters. The van der Waals surface area contributed by atoms with Gasteiger partial charge < -0.3 is 0 Å². The number of fused-ring (bicyclic) bond motifs is 1. The van der Waals surface area contributed by atoms with Gasteiger partial charge in [-0.2, -0.15) is 0 Å². The Labute approximate surface area is 91.5 Å². The Morgan fingerprint density at radius 1 is 1.27 bits per heavy atom. The first kappa shape index (κ1) is 9.78. The first-order valence-corrected chi connectivity index (χ1v) is 4.64. The Balaban J connectivity index is 2.81. The van der Waals surface area contributed by atoms with E-state index in [0.29, 0.717) is 0 Å². The number of amides is 2. The number of hydrogen-bond donors (Lipinski definition) is 1. The van der Waals surface area contributed by atoms with Crippen LogP contribution in [0.3, 0.4) is 0 Å². The molecule has 2 amide bonds. The second-order valence-electron chi connectivity index (χ2n) is 2.86. The monoisotopic (exact) mass is 270 g/mol. The quantitative estimate of drug-likeness (QED) is 0.472. The minimum absolute atomic E-state index is 0.0369. The van der Waals surface area contributed by atoms with Gasteiger partial charge in [-0.1, -0.05) is 0 Å². The summed E-state index contributed by atoms with van der Waals surface area (Å²) in [5.74, 6) is -1.34. The molecule has 1 aromatic rings. The highest BCUT2D eigenvalue weighted by atomic mass is 79.9. The van der Waals surface area contributed by atoms with Gasteiger partial charge >= 0.3 is 0 Å². The number of carbonyl (C=O) groups is 2. The van der Waals surface area contributed by atoms with Crippen LogP contribution in [0, 0.1) is 10.1 Å². The van der Waals surface area contributed by atoms with Gasteiger partial charge in [-0.15, -0.1) is 0 Å². The standard InChI is InChI=1S/C8H3BrN2O4/c9-4-2-1-3-5(6(4)11(14)15)8(13)10-7(3)12/h1-2H,(H,10,12,13). The smallest absolute Gasteiger partial charge is 0.288 e. The summed E-state index contributed by atoms with van der Waals surface area (Å²) in [7, 11) is 0. The maximum atomic E-state index is 11.3. The molecule has 76 valence electrons. The van der Waals surface area contributed by atoms with E-state index >= 15 is 0 Å². The van der Waals surface area contributed by atoms with Crippen molar-refractivity contribution < 1.29 is 14.5 Å². The van der Waals surface area contributed by atoms with Crippen molar-refractivity contribution >= 4 is 33.4 Å². The van der Waals surface area contributed by atoms with E-state index in [1.165, 1.54) is 12.1 Å². The topological polar surface area (TPSA) is 89.3 Å². The van der Waals surface area contributed by atoms with Gasteiger partial charge in [0.1, 0.15) is 5.56 Å². The van der Waals surface area contributed by atoms with Crippen molar-refractivity contribution in [2.45, 2.75) is 0 Å². The summed E-state index contributed by atoms with van der Waals surface area (Å²) in [6, 6.07) is 2.74. The molecule has 0 aliphatic carbocycles. The summed E-state index contributed by atoms with van der Waals surface area (Å²) in [5, 5.41) is 12.7. The van der Waals surface area contributed by atoms with Crippen molar-refractivity contribution in [1.29, 1.82) is 0 Å². The van der Waals surface area contributed by atoms with E-state index < -0.39 is 16.7 Å². The van der Waals surface area contributed by atoms with Gasteiger partial charge in [0, 0.05) is 0 Å². The van der Waals surface area contributed by atoms with Crippen molar-refractivity contribution in [3.8, 4) is 0 Å². The van der Waals surface area contributed by atoms with Crippen LogP contribution in [0.1, 0.15) is 20.7 Å². The number of halogens is 1. The Hall–Kier alpha value is -1.76. The van der Waals surface area contributed by atoms with Crippen LogP contribution in [-0.4, -0.2) is 16.7 Å². The van der Waals surface area contributed by atoms with E-state index in [9.17, 15) is 19.7 Å². The van der Waals surface area contributed by atoms with Gasteiger partial charge in [-0.05, 0) is 28.1 Å². The zero-order valence-corrected chi connectivity index (χ0v) is 8.70. The highest BCUT2D eigenvalue weighted by Crippen LogP contribution is 2.33. The first-order chi connectivity index (χ1) is 7.02. The number of nitrogens with one attached hydrogen (secondary N) is 1. The van der Waals surface area contributed by atoms with Crippen LogP contribution in [0.4, 0.5) is 5.69 Å². The van der Waals surface area contributed by atoms with Crippen LogP contribution in [0.2, 0.25) is 0 Å². The third-order valence-electron chi connectivity index (χ3n) is 2.01. The third kappa shape index (κ3) is 1.32. The van der Waals surface area contributed by atoms with E-state index in [0.717, 1.165) is 0 Å². The van der Waals surface area contributed by atoms with Crippen LogP contribution in [0.25, 0.3) is 0 Å². The van der Waals surface area contributed by atoms with Gasteiger partial charge in [0.15, 0.2) is 0 Å². The summed E-state index contributed by atoms with van der Waals surface area (Å²) in [6.45, 7) is 0. The number of benzene rings is 1. The lowest BCUT2D eigenvalue weighted by atomic mass is 10.1. The molecule has 0 atom stereocenters. The highest BCUT2D eigenvalue weighted by Gasteiger charge is 2.35. The summed E-state index contributed by atoms with van der Waals surface area (Å²) in [5.41, 5.74) is -0.523. The van der Waals surface area contributed by atoms with E-state index in [1.54, 1.807) is 0 Å². The number of nitrogens with zero attached hydrogens (tertiary/aromatic N) is 1. The molecule has 1 aliphatic heterocycles. The highest BCUT2D eigenvalue weighted by molar-refractivity contribution is 9.10. The maximum Gasteiger partial charge on any atom is 0.297 e. The largest absolute Gasteiger partial charge is 0.297 e. The Bertz CT molecular complexity index is 512. The van der Waals surface area contributed by atoms with Crippen molar-refractivity contribution in [3.05, 3.63) is 37.8 Å². The predicted octanol–water partition coefficient (Wildman–Crippen LogP) is 1.24. The number of imide groups is 1. The zero-order valence-electron chi connectivity index (χ0n) is 7.11. The molecule has 0 radical (unpaired) electrons. The molecule has 0 bridgehead atoms. The minimum atomic E-state index is -0.733. The molecule has 1 N–H and O–H groups in total. The molecule has 1 heterocycles. The summed E-state index contributed by atoms with van der Waals surface area (Å²) in [4.78, 5) is 32.5. The molecule has 1 aliphatic rings. The molecule has 0 saturated heterocycles. The van der Waals surface area contributed by atoms with Crippen molar-refractivity contribution in [2.24, 2.45) is 0 Å². The molecule has 0 fully saturated rings. The summed E-state index contributed by atoms with van der Waals surface area (Å²) in [6.07, 6.45) is 0. The molecular formula is C8H3BrN2O4. The lowest BCUT2D eigenvalue weighted by Crippen LogP contribution is -2.20. The molecule has 7 heteroatoms. The second-order valence-corrected chi connectivity index (χ2v) is 3.71. The van der Waals surface area contributed by atoms with Crippen LogP contribution < -0.4 is 5.32 Å². The molecule has 1 aromatic carbocycles. The zero-order chi connectivity index (χ0) is 11.2. The normalized spacial score (nSPS) is 13.7. The Morgan fingerprint density at radius 3 is 2.53 bits per heavy atom. The van der Waals surface area contributed by atoms with Crippen LogP contribution in [0.5, 0.6) is 0 Å².